The molecule has 0 saturated heterocycles. The minimum atomic E-state index is -1.71. The van der Waals surface area contributed by atoms with Gasteiger partial charge in [-0.1, -0.05) is 13.8 Å². The minimum absolute atomic E-state index is 0.0782. The fraction of sp³-hybridized carbons (Fsp3) is 0.810. The van der Waals surface area contributed by atoms with Crippen LogP contribution in [0.3, 0.4) is 0 Å². The molecule has 4 rings (SSSR count). The first kappa shape index (κ1) is 18.0. The molecule has 4 aliphatic carbocycles. The highest BCUT2D eigenvalue weighted by molar-refractivity contribution is 6.29. The molecule has 0 spiro atoms. The van der Waals surface area contributed by atoms with Gasteiger partial charge in [0.1, 0.15) is 17.2 Å². The highest BCUT2D eigenvalue weighted by Crippen LogP contribution is 2.67. The summed E-state index contributed by atoms with van der Waals surface area (Å²) in [7, 11) is 0. The molecule has 1 N–H and O–H groups in total. The summed E-state index contributed by atoms with van der Waals surface area (Å²) in [6.45, 7) is 4.01. The van der Waals surface area contributed by atoms with Crippen LogP contribution in [0, 0.1) is 34.5 Å². The summed E-state index contributed by atoms with van der Waals surface area (Å²) in [5.41, 5.74) is -2.71. The predicted molar refractivity (Wildman–Crippen MR) is 93.1 cm³/mol. The second-order valence-corrected chi connectivity index (χ2v) is 9.71. The smallest absolute Gasteiger partial charge is 0.227 e. The van der Waals surface area contributed by atoms with Crippen molar-refractivity contribution >= 4 is 23.6 Å². The Morgan fingerprint density at radius 3 is 2.58 bits per heavy atom. The monoisotopic (exact) mass is 360 g/mol. The lowest BCUT2D eigenvalue weighted by molar-refractivity contribution is -0.177. The zero-order chi connectivity index (χ0) is 18.9. The number of carbonyl (C=O) groups excluding carboxylic acids is 4. The van der Waals surface area contributed by atoms with Crippen LogP contribution in [-0.2, 0) is 19.2 Å². The van der Waals surface area contributed by atoms with Gasteiger partial charge in [-0.2, -0.15) is 0 Å². The summed E-state index contributed by atoms with van der Waals surface area (Å²) < 4.78 is 0. The number of ketones is 3. The van der Waals surface area contributed by atoms with Crippen molar-refractivity contribution in [3.05, 3.63) is 0 Å². The average Bonchev–Trinajstić information content (AvgIpc) is 2.86. The number of hydrogen-bond acceptors (Lipinski definition) is 5. The van der Waals surface area contributed by atoms with Gasteiger partial charge in [-0.05, 0) is 55.3 Å². The van der Waals surface area contributed by atoms with Crippen molar-refractivity contribution in [3.63, 3.8) is 0 Å². The van der Waals surface area contributed by atoms with Crippen molar-refractivity contribution in [1.29, 1.82) is 0 Å². The van der Waals surface area contributed by atoms with E-state index in [4.69, 9.17) is 0 Å². The molecule has 0 aromatic carbocycles. The van der Waals surface area contributed by atoms with E-state index in [2.05, 4.69) is 6.92 Å². The Balaban J connectivity index is 1.72. The number of fused-ring (bicyclic) bond motifs is 5. The maximum absolute atomic E-state index is 13.3. The first-order valence-electron chi connectivity index (χ1n) is 9.94. The van der Waals surface area contributed by atoms with Crippen LogP contribution >= 0.6 is 0 Å². The Morgan fingerprint density at radius 1 is 1.15 bits per heavy atom. The van der Waals surface area contributed by atoms with Gasteiger partial charge in [0.25, 0.3) is 0 Å². The zero-order valence-corrected chi connectivity index (χ0v) is 15.6. The number of rotatable bonds is 2. The molecule has 142 valence electrons. The molecular formula is C21H28O5. The van der Waals surface area contributed by atoms with Gasteiger partial charge in [0, 0.05) is 30.6 Å². The van der Waals surface area contributed by atoms with Gasteiger partial charge in [0.05, 0.1) is 0 Å². The lowest BCUT2D eigenvalue weighted by Crippen LogP contribution is -2.61. The number of hydrogen-bond donors (Lipinski definition) is 1. The molecule has 4 fully saturated rings. The number of carbonyl (C=O) groups is 4. The molecule has 0 heterocycles. The standard InChI is InChI=1S/C21H28O5/c1-19-7-5-13(23)9-12(19)3-4-14-15-6-8-21(26,17(25)11-22)20(15,2)10-16(24)18(14)19/h11-12,14-15,18,26H,3-10H2,1-2H3/t12?,14-,15-,18+,19-,20-,21-/m0/s1. The topological polar surface area (TPSA) is 88.5 Å². The van der Waals surface area contributed by atoms with Gasteiger partial charge in [-0.25, -0.2) is 0 Å². The largest absolute Gasteiger partial charge is 0.381 e. The van der Waals surface area contributed by atoms with Crippen LogP contribution in [0.4, 0.5) is 0 Å². The molecule has 0 aliphatic heterocycles. The third kappa shape index (κ3) is 2.07. The first-order valence-corrected chi connectivity index (χ1v) is 9.94. The van der Waals surface area contributed by atoms with Crippen LogP contribution in [0.15, 0.2) is 0 Å². The van der Waals surface area contributed by atoms with Crippen LogP contribution in [0.25, 0.3) is 0 Å². The Hall–Kier alpha value is -1.36. The van der Waals surface area contributed by atoms with E-state index in [-0.39, 0.29) is 54.0 Å². The average molecular weight is 360 g/mol. The second-order valence-electron chi connectivity index (χ2n) is 9.71. The second kappa shape index (κ2) is 5.57. The lowest BCUT2D eigenvalue weighted by atomic mass is 9.44. The SMILES string of the molecule is C[C@]12CCC(=O)CC1CC[C@@H]1[C@@H]2C(=O)C[C@@]2(C)[C@H]1CC[C@]2(O)C(=O)C=O. The van der Waals surface area contributed by atoms with Crippen LogP contribution in [0.1, 0.15) is 65.2 Å². The Morgan fingerprint density at radius 2 is 1.88 bits per heavy atom. The molecule has 0 bridgehead atoms. The first-order chi connectivity index (χ1) is 12.2. The van der Waals surface area contributed by atoms with Gasteiger partial charge in [0.2, 0.25) is 5.78 Å². The van der Waals surface area contributed by atoms with E-state index in [0.29, 0.717) is 25.0 Å². The van der Waals surface area contributed by atoms with Crippen molar-refractivity contribution in [2.24, 2.45) is 34.5 Å². The molecule has 5 nitrogen and oxygen atoms in total. The van der Waals surface area contributed by atoms with E-state index >= 15 is 0 Å². The summed E-state index contributed by atoms with van der Waals surface area (Å²) in [5, 5.41) is 11.1. The highest BCUT2D eigenvalue weighted by atomic mass is 16.3. The molecule has 26 heavy (non-hydrogen) atoms. The van der Waals surface area contributed by atoms with Gasteiger partial charge < -0.3 is 5.11 Å². The molecule has 4 saturated carbocycles. The molecule has 1 unspecified atom stereocenters. The van der Waals surface area contributed by atoms with E-state index in [9.17, 15) is 24.3 Å². The van der Waals surface area contributed by atoms with Crippen LogP contribution < -0.4 is 0 Å². The van der Waals surface area contributed by atoms with Gasteiger partial charge in [0.15, 0.2) is 6.29 Å². The Kier molecular flexibility index (Phi) is 3.86. The molecular weight excluding hydrogens is 332 g/mol. The fourth-order valence-electron chi connectivity index (χ4n) is 7.37. The van der Waals surface area contributed by atoms with Crippen molar-refractivity contribution in [3.8, 4) is 0 Å². The highest BCUT2D eigenvalue weighted by Gasteiger charge is 2.69. The van der Waals surface area contributed by atoms with Gasteiger partial charge in [-0.15, -0.1) is 0 Å². The molecule has 4 aliphatic rings. The summed E-state index contributed by atoms with van der Waals surface area (Å²) >= 11 is 0. The number of Topliss-reactive ketones (excluding diaryl/α,β-unsaturated/α-hetero) is 3. The van der Waals surface area contributed by atoms with Crippen LogP contribution in [-0.4, -0.2) is 34.3 Å². The minimum Gasteiger partial charge on any atom is -0.381 e. The normalized spacial score (nSPS) is 50.6. The van der Waals surface area contributed by atoms with E-state index in [1.165, 1.54) is 0 Å². The predicted octanol–water partition coefficient (Wildman–Crippen LogP) is 2.28. The molecule has 0 amide bonds. The van der Waals surface area contributed by atoms with Crippen molar-refractivity contribution in [2.75, 3.05) is 0 Å². The fourth-order valence-corrected chi connectivity index (χ4v) is 7.37. The maximum Gasteiger partial charge on any atom is 0.227 e. The Bertz CT molecular complexity index is 699. The number of aldehydes is 1. The molecule has 0 aromatic heterocycles. The van der Waals surface area contributed by atoms with Gasteiger partial charge in [-0.3, -0.25) is 19.2 Å². The maximum atomic E-state index is 13.3. The van der Waals surface area contributed by atoms with Crippen LogP contribution in [0.5, 0.6) is 0 Å². The van der Waals surface area contributed by atoms with Crippen LogP contribution in [0.2, 0.25) is 0 Å². The Labute approximate surface area is 153 Å². The van der Waals surface area contributed by atoms with Crippen molar-refractivity contribution in [2.45, 2.75) is 70.8 Å². The lowest BCUT2D eigenvalue weighted by Gasteiger charge is -2.59. The molecule has 0 radical (unpaired) electrons. The van der Waals surface area contributed by atoms with Crippen molar-refractivity contribution < 1.29 is 24.3 Å². The van der Waals surface area contributed by atoms with E-state index in [0.717, 1.165) is 19.3 Å². The quantitative estimate of drug-likeness (QED) is 0.603. The molecule has 5 heteroatoms. The third-order valence-corrected chi connectivity index (χ3v) is 8.84. The van der Waals surface area contributed by atoms with E-state index in [1.807, 2.05) is 6.92 Å². The number of aliphatic hydroxyl groups is 1. The third-order valence-electron chi connectivity index (χ3n) is 8.84. The van der Waals surface area contributed by atoms with Crippen molar-refractivity contribution in [1.82, 2.24) is 0 Å². The van der Waals surface area contributed by atoms with E-state index < -0.39 is 16.8 Å². The van der Waals surface area contributed by atoms with Gasteiger partial charge >= 0.3 is 0 Å². The summed E-state index contributed by atoms with van der Waals surface area (Å²) in [4.78, 5) is 48.6. The van der Waals surface area contributed by atoms with E-state index in [1.54, 1.807) is 0 Å². The zero-order valence-electron chi connectivity index (χ0n) is 15.6. The summed E-state index contributed by atoms with van der Waals surface area (Å²) in [6, 6.07) is 0. The molecule has 0 aromatic rings. The summed E-state index contributed by atoms with van der Waals surface area (Å²) in [6.07, 6.45) is 5.03. The summed E-state index contributed by atoms with van der Waals surface area (Å²) in [5.74, 6) is 0.0621. The molecule has 7 atom stereocenters.